The van der Waals surface area contributed by atoms with Crippen LogP contribution in [-0.4, -0.2) is 55.7 Å². The lowest BCUT2D eigenvalue weighted by atomic mass is 10.00. The van der Waals surface area contributed by atoms with Crippen molar-refractivity contribution in [2.45, 2.75) is 58.2 Å². The second-order valence-electron chi connectivity index (χ2n) is 6.67. The number of imide groups is 1. The van der Waals surface area contributed by atoms with Crippen molar-refractivity contribution < 1.29 is 14.4 Å². The third kappa shape index (κ3) is 3.34. The Morgan fingerprint density at radius 2 is 2.20 bits per heavy atom. The molecule has 3 rings (SSSR count). The molecule has 3 heterocycles. The molecule has 1 saturated heterocycles. The van der Waals surface area contributed by atoms with E-state index in [0.717, 1.165) is 29.5 Å². The first kappa shape index (κ1) is 17.3. The van der Waals surface area contributed by atoms with Crippen molar-refractivity contribution in [1.82, 2.24) is 35.8 Å². The van der Waals surface area contributed by atoms with E-state index in [9.17, 15) is 14.4 Å². The van der Waals surface area contributed by atoms with Crippen LogP contribution in [0.3, 0.4) is 0 Å². The summed E-state index contributed by atoms with van der Waals surface area (Å²) in [6, 6.07) is -0.522. The van der Waals surface area contributed by atoms with E-state index < -0.39 is 23.4 Å². The summed E-state index contributed by atoms with van der Waals surface area (Å²) in [7, 11) is 0. The van der Waals surface area contributed by atoms with Gasteiger partial charge in [0.2, 0.25) is 0 Å². The average Bonchev–Trinajstić information content (AvgIpc) is 3.04. The van der Waals surface area contributed by atoms with Gasteiger partial charge in [0.1, 0.15) is 17.2 Å². The summed E-state index contributed by atoms with van der Waals surface area (Å²) in [5.74, 6) is 0.808. The van der Waals surface area contributed by atoms with Crippen LogP contribution in [0.4, 0.5) is 4.79 Å². The molecular weight excluding hydrogens is 326 g/mol. The van der Waals surface area contributed by atoms with Crippen LogP contribution in [-0.2, 0) is 22.6 Å². The van der Waals surface area contributed by atoms with Gasteiger partial charge in [0.05, 0.1) is 13.1 Å². The number of hydrogen-bond donors (Lipinski definition) is 3. The first-order chi connectivity index (χ1) is 11.8. The molecule has 25 heavy (non-hydrogen) atoms. The van der Waals surface area contributed by atoms with Crippen LogP contribution in [0.15, 0.2) is 0 Å². The largest absolute Gasteiger partial charge is 0.344 e. The highest BCUT2D eigenvalue weighted by Gasteiger charge is 2.47. The van der Waals surface area contributed by atoms with E-state index >= 15 is 0 Å². The Balaban J connectivity index is 1.51. The minimum atomic E-state index is -0.970. The molecule has 2 atom stereocenters. The molecule has 0 unspecified atom stereocenters. The Labute approximate surface area is 145 Å². The van der Waals surface area contributed by atoms with E-state index in [0.29, 0.717) is 13.0 Å². The number of carbonyl (C=O) groups excluding carboxylic acids is 3. The molecule has 4 amide bonds. The van der Waals surface area contributed by atoms with Crippen molar-refractivity contribution in [3.8, 4) is 0 Å². The van der Waals surface area contributed by atoms with Crippen molar-refractivity contribution in [1.29, 1.82) is 0 Å². The molecule has 10 heteroatoms. The minimum absolute atomic E-state index is 0.00752. The van der Waals surface area contributed by atoms with Gasteiger partial charge in [0.25, 0.3) is 11.8 Å². The summed E-state index contributed by atoms with van der Waals surface area (Å²) in [4.78, 5) is 40.6. The molecule has 2 aliphatic rings. The number of nitrogens with zero attached hydrogens (tertiary/aromatic N) is 4. The van der Waals surface area contributed by atoms with E-state index in [-0.39, 0.29) is 12.6 Å². The lowest BCUT2D eigenvalue weighted by molar-refractivity contribution is -0.138. The number of carbonyl (C=O) groups is 3. The predicted octanol–water partition coefficient (Wildman–Crippen LogP) is -0.757. The Kier molecular flexibility index (Phi) is 4.46. The molecule has 0 spiro atoms. The predicted molar refractivity (Wildman–Crippen MR) is 87.1 cm³/mol. The highest BCUT2D eigenvalue weighted by atomic mass is 16.2. The topological polar surface area (TPSA) is 121 Å². The maximum atomic E-state index is 12.2. The van der Waals surface area contributed by atoms with E-state index in [1.165, 1.54) is 0 Å². The van der Waals surface area contributed by atoms with Gasteiger partial charge in [-0.2, -0.15) is 10.1 Å². The van der Waals surface area contributed by atoms with Gasteiger partial charge < -0.3 is 10.6 Å². The normalized spacial score (nSPS) is 25.7. The third-order valence-electron chi connectivity index (χ3n) is 4.72. The van der Waals surface area contributed by atoms with Crippen LogP contribution in [0.1, 0.15) is 38.3 Å². The first-order valence-electron chi connectivity index (χ1n) is 8.42. The lowest BCUT2D eigenvalue weighted by Crippen LogP contribution is -2.52. The summed E-state index contributed by atoms with van der Waals surface area (Å²) in [6.45, 7) is 5.93. The van der Waals surface area contributed by atoms with Crippen molar-refractivity contribution >= 4 is 17.8 Å². The average molecular weight is 349 g/mol. The van der Waals surface area contributed by atoms with Gasteiger partial charge in [-0.05, 0) is 26.7 Å². The number of rotatable bonds is 5. The summed E-state index contributed by atoms with van der Waals surface area (Å²) < 4.78 is 1.85. The molecule has 1 aromatic heterocycles. The van der Waals surface area contributed by atoms with Crippen LogP contribution in [0.2, 0.25) is 0 Å². The van der Waals surface area contributed by atoms with Gasteiger partial charge in [-0.3, -0.25) is 15.0 Å². The zero-order chi connectivity index (χ0) is 18.2. The Hall–Kier alpha value is -2.49. The number of aryl methyl sites for hydroxylation is 2. The number of nitrogens with one attached hydrogen (secondary N) is 3. The van der Waals surface area contributed by atoms with Crippen LogP contribution >= 0.6 is 0 Å². The molecule has 0 bridgehead atoms. The molecule has 10 nitrogen and oxygen atoms in total. The zero-order valence-corrected chi connectivity index (χ0v) is 14.6. The molecular formula is C15H23N7O3. The number of aromatic nitrogens is 3. The standard InChI is InChI=1S/C15H23N7O3/c1-4-15(3)13(24)22(14(25)18-15)20-12(23)7-16-10-5-6-11-17-9(2)19-21(11)8-10/h10,16H,4-8H2,1-3H3,(H,18,25)(H,20,23)/t10-,15-/m0/s1. The first-order valence-corrected chi connectivity index (χ1v) is 8.42. The maximum absolute atomic E-state index is 12.2. The molecule has 2 aliphatic heterocycles. The minimum Gasteiger partial charge on any atom is -0.322 e. The van der Waals surface area contributed by atoms with E-state index in [2.05, 4.69) is 26.1 Å². The van der Waals surface area contributed by atoms with Gasteiger partial charge in [0, 0.05) is 12.5 Å². The molecule has 0 aliphatic carbocycles. The van der Waals surface area contributed by atoms with E-state index in [4.69, 9.17) is 0 Å². The number of hydrazine groups is 1. The second kappa shape index (κ2) is 6.43. The fourth-order valence-corrected chi connectivity index (χ4v) is 3.03. The summed E-state index contributed by atoms with van der Waals surface area (Å²) in [5, 5.41) is 10.8. The van der Waals surface area contributed by atoms with Gasteiger partial charge >= 0.3 is 6.03 Å². The van der Waals surface area contributed by atoms with Gasteiger partial charge in [-0.15, -0.1) is 0 Å². The van der Waals surface area contributed by atoms with Gasteiger partial charge in [0.15, 0.2) is 0 Å². The van der Waals surface area contributed by atoms with Gasteiger partial charge in [-0.25, -0.2) is 14.5 Å². The van der Waals surface area contributed by atoms with Crippen LogP contribution in [0.5, 0.6) is 0 Å². The number of hydrogen-bond acceptors (Lipinski definition) is 6. The molecule has 136 valence electrons. The summed E-state index contributed by atoms with van der Waals surface area (Å²) in [6.07, 6.45) is 2.09. The summed E-state index contributed by atoms with van der Waals surface area (Å²) in [5.41, 5.74) is 1.40. The Bertz CT molecular complexity index is 716. The van der Waals surface area contributed by atoms with Crippen LogP contribution in [0.25, 0.3) is 0 Å². The fourth-order valence-electron chi connectivity index (χ4n) is 3.03. The van der Waals surface area contributed by atoms with Crippen LogP contribution in [0, 0.1) is 6.92 Å². The van der Waals surface area contributed by atoms with Crippen LogP contribution < -0.4 is 16.1 Å². The maximum Gasteiger partial charge on any atom is 0.344 e. The fraction of sp³-hybridized carbons (Fsp3) is 0.667. The van der Waals surface area contributed by atoms with E-state index in [1.807, 2.05) is 11.6 Å². The second-order valence-corrected chi connectivity index (χ2v) is 6.67. The monoisotopic (exact) mass is 349 g/mol. The molecule has 1 aromatic rings. The van der Waals surface area contributed by atoms with Crippen molar-refractivity contribution in [2.75, 3.05) is 6.54 Å². The molecule has 0 radical (unpaired) electrons. The highest BCUT2D eigenvalue weighted by Crippen LogP contribution is 2.19. The lowest BCUT2D eigenvalue weighted by Gasteiger charge is -2.24. The van der Waals surface area contributed by atoms with Gasteiger partial charge in [-0.1, -0.05) is 6.92 Å². The number of amides is 4. The Morgan fingerprint density at radius 1 is 1.44 bits per heavy atom. The smallest absolute Gasteiger partial charge is 0.322 e. The van der Waals surface area contributed by atoms with Crippen molar-refractivity contribution in [3.05, 3.63) is 11.6 Å². The Morgan fingerprint density at radius 3 is 2.88 bits per heavy atom. The quantitative estimate of drug-likeness (QED) is 0.601. The summed E-state index contributed by atoms with van der Waals surface area (Å²) >= 11 is 0. The van der Waals surface area contributed by atoms with Crippen molar-refractivity contribution in [3.63, 3.8) is 0 Å². The van der Waals surface area contributed by atoms with E-state index in [1.54, 1.807) is 13.8 Å². The molecule has 0 saturated carbocycles. The number of fused-ring (bicyclic) bond motifs is 1. The molecule has 3 N–H and O–H groups in total. The highest BCUT2D eigenvalue weighted by molar-refractivity contribution is 6.07. The zero-order valence-electron chi connectivity index (χ0n) is 14.6. The third-order valence-corrected chi connectivity index (χ3v) is 4.72. The number of urea groups is 1. The SMILES string of the molecule is CC[C@]1(C)NC(=O)N(NC(=O)CN[C@H]2CCc3nc(C)nn3C2)C1=O. The molecule has 1 fully saturated rings. The van der Waals surface area contributed by atoms with Crippen molar-refractivity contribution in [2.24, 2.45) is 0 Å². The molecule has 0 aromatic carbocycles.